The van der Waals surface area contributed by atoms with E-state index in [1.807, 2.05) is 0 Å². The SMILES string of the molecule is Cc1oc2nc[nH]c(=O)c2c1C(=O)NC1CCCCCCC1. The van der Waals surface area contributed by atoms with E-state index in [2.05, 4.69) is 15.3 Å². The molecule has 2 aromatic heterocycles. The number of nitrogens with zero attached hydrogens (tertiary/aromatic N) is 1. The molecule has 1 aliphatic rings. The lowest BCUT2D eigenvalue weighted by Crippen LogP contribution is -2.35. The summed E-state index contributed by atoms with van der Waals surface area (Å²) >= 11 is 0. The quantitative estimate of drug-likeness (QED) is 0.892. The fourth-order valence-electron chi connectivity index (χ4n) is 3.18. The zero-order valence-electron chi connectivity index (χ0n) is 12.8. The molecule has 0 bridgehead atoms. The van der Waals surface area contributed by atoms with Crippen molar-refractivity contribution in [2.45, 2.75) is 57.9 Å². The molecule has 1 amide bonds. The third-order valence-electron chi connectivity index (χ3n) is 4.34. The first-order valence-electron chi connectivity index (χ1n) is 7.94. The zero-order chi connectivity index (χ0) is 15.5. The molecular weight excluding hydrogens is 282 g/mol. The van der Waals surface area contributed by atoms with E-state index in [0.717, 1.165) is 25.7 Å². The van der Waals surface area contributed by atoms with Gasteiger partial charge in [-0.2, -0.15) is 0 Å². The second-order valence-corrected chi connectivity index (χ2v) is 5.96. The molecule has 2 N–H and O–H groups in total. The molecule has 2 heterocycles. The highest BCUT2D eigenvalue weighted by molar-refractivity contribution is 6.06. The molecule has 0 radical (unpaired) electrons. The van der Waals surface area contributed by atoms with Gasteiger partial charge in [0.25, 0.3) is 11.5 Å². The Morgan fingerprint density at radius 2 is 1.95 bits per heavy atom. The van der Waals surface area contributed by atoms with Crippen molar-refractivity contribution in [1.82, 2.24) is 15.3 Å². The maximum absolute atomic E-state index is 12.6. The topological polar surface area (TPSA) is 88.0 Å². The maximum atomic E-state index is 12.6. The van der Waals surface area contributed by atoms with Crippen LogP contribution in [0.25, 0.3) is 11.1 Å². The first kappa shape index (κ1) is 14.8. The number of hydrogen-bond acceptors (Lipinski definition) is 4. The summed E-state index contributed by atoms with van der Waals surface area (Å²) in [6, 6.07) is 0.174. The van der Waals surface area contributed by atoms with E-state index in [-0.39, 0.29) is 28.6 Å². The van der Waals surface area contributed by atoms with Crippen LogP contribution in [0, 0.1) is 6.92 Å². The zero-order valence-corrected chi connectivity index (χ0v) is 12.8. The van der Waals surface area contributed by atoms with Gasteiger partial charge in [-0.25, -0.2) is 4.98 Å². The van der Waals surface area contributed by atoms with Gasteiger partial charge in [0.05, 0.1) is 11.9 Å². The van der Waals surface area contributed by atoms with Crippen LogP contribution in [-0.2, 0) is 0 Å². The lowest BCUT2D eigenvalue weighted by molar-refractivity contribution is 0.0930. The summed E-state index contributed by atoms with van der Waals surface area (Å²) in [4.78, 5) is 31.1. The molecule has 1 saturated carbocycles. The highest BCUT2D eigenvalue weighted by atomic mass is 16.3. The average Bonchev–Trinajstić information content (AvgIpc) is 2.79. The molecule has 0 saturated heterocycles. The van der Waals surface area contributed by atoms with Crippen molar-refractivity contribution in [2.24, 2.45) is 0 Å². The number of fused-ring (bicyclic) bond motifs is 1. The van der Waals surface area contributed by atoms with Crippen molar-refractivity contribution in [3.63, 3.8) is 0 Å². The Kier molecular flexibility index (Phi) is 4.27. The number of H-pyrrole nitrogens is 1. The molecular formula is C16H21N3O3. The molecule has 0 atom stereocenters. The average molecular weight is 303 g/mol. The Hall–Kier alpha value is -2.11. The van der Waals surface area contributed by atoms with E-state index in [1.54, 1.807) is 6.92 Å². The molecule has 0 spiro atoms. The third-order valence-corrected chi connectivity index (χ3v) is 4.34. The summed E-state index contributed by atoms with van der Waals surface area (Å²) in [5, 5.41) is 3.31. The summed E-state index contributed by atoms with van der Waals surface area (Å²) in [5.74, 6) is 0.197. The summed E-state index contributed by atoms with van der Waals surface area (Å²) < 4.78 is 5.44. The third kappa shape index (κ3) is 2.91. The van der Waals surface area contributed by atoms with Crippen LogP contribution in [0.5, 0.6) is 0 Å². The number of aromatic nitrogens is 2. The molecule has 3 rings (SSSR count). The predicted molar refractivity (Wildman–Crippen MR) is 82.9 cm³/mol. The van der Waals surface area contributed by atoms with E-state index in [4.69, 9.17) is 4.42 Å². The first-order valence-corrected chi connectivity index (χ1v) is 7.94. The highest BCUT2D eigenvalue weighted by Crippen LogP contribution is 2.22. The Morgan fingerprint density at radius 1 is 1.27 bits per heavy atom. The summed E-state index contributed by atoms with van der Waals surface area (Å²) in [5.41, 5.74) is 0.181. The van der Waals surface area contributed by atoms with Gasteiger partial charge in [0.2, 0.25) is 5.71 Å². The van der Waals surface area contributed by atoms with Crippen LogP contribution in [-0.4, -0.2) is 21.9 Å². The second-order valence-electron chi connectivity index (χ2n) is 5.96. The van der Waals surface area contributed by atoms with Crippen LogP contribution in [0.1, 0.15) is 61.1 Å². The minimum atomic E-state index is -0.343. The highest BCUT2D eigenvalue weighted by Gasteiger charge is 2.23. The van der Waals surface area contributed by atoms with E-state index in [1.165, 1.54) is 25.6 Å². The standard InChI is InChI=1S/C16H21N3O3/c1-10-12(13-14(20)17-9-18-16(13)22-10)15(21)19-11-7-5-3-2-4-6-8-11/h9,11H,2-8H2,1H3,(H,19,21)(H,17,18,20). The Bertz CT molecular complexity index is 724. The van der Waals surface area contributed by atoms with Crippen LogP contribution in [0.2, 0.25) is 0 Å². The van der Waals surface area contributed by atoms with Gasteiger partial charge < -0.3 is 14.7 Å². The number of nitrogens with one attached hydrogen (secondary N) is 2. The summed E-state index contributed by atoms with van der Waals surface area (Å²) in [6.07, 6.45) is 9.28. The molecule has 1 fully saturated rings. The molecule has 0 aromatic carbocycles. The molecule has 0 unspecified atom stereocenters. The van der Waals surface area contributed by atoms with Crippen molar-refractivity contribution in [3.05, 3.63) is 28.0 Å². The van der Waals surface area contributed by atoms with Crippen LogP contribution in [0.3, 0.4) is 0 Å². The monoisotopic (exact) mass is 303 g/mol. The number of carbonyl (C=O) groups excluding carboxylic acids is 1. The number of aromatic amines is 1. The smallest absolute Gasteiger partial charge is 0.262 e. The number of carbonyl (C=O) groups is 1. The lowest BCUT2D eigenvalue weighted by Gasteiger charge is -2.20. The van der Waals surface area contributed by atoms with Crippen LogP contribution in [0.4, 0.5) is 0 Å². The molecule has 118 valence electrons. The minimum Gasteiger partial charge on any atom is -0.442 e. The van der Waals surface area contributed by atoms with Crippen LogP contribution >= 0.6 is 0 Å². The first-order chi connectivity index (χ1) is 10.7. The Balaban J connectivity index is 1.85. The molecule has 22 heavy (non-hydrogen) atoms. The van der Waals surface area contributed by atoms with Gasteiger partial charge in [0, 0.05) is 6.04 Å². The minimum absolute atomic E-state index is 0.174. The van der Waals surface area contributed by atoms with Gasteiger partial charge >= 0.3 is 0 Å². The normalized spacial score (nSPS) is 17.1. The Labute approximate surface area is 128 Å². The summed E-state index contributed by atoms with van der Waals surface area (Å²) in [7, 11) is 0. The molecule has 6 nitrogen and oxygen atoms in total. The maximum Gasteiger partial charge on any atom is 0.262 e. The predicted octanol–water partition coefficient (Wildman–Crippen LogP) is 2.67. The van der Waals surface area contributed by atoms with Gasteiger partial charge in [0.15, 0.2) is 0 Å². The van der Waals surface area contributed by atoms with Crippen molar-refractivity contribution in [3.8, 4) is 0 Å². The molecule has 0 aliphatic heterocycles. The molecule has 1 aliphatic carbocycles. The Morgan fingerprint density at radius 3 is 2.68 bits per heavy atom. The van der Waals surface area contributed by atoms with Crippen molar-refractivity contribution < 1.29 is 9.21 Å². The molecule has 2 aromatic rings. The van der Waals surface area contributed by atoms with Crippen LogP contribution < -0.4 is 10.9 Å². The summed E-state index contributed by atoms with van der Waals surface area (Å²) in [6.45, 7) is 1.69. The van der Waals surface area contributed by atoms with Gasteiger partial charge in [0.1, 0.15) is 11.1 Å². The van der Waals surface area contributed by atoms with E-state index >= 15 is 0 Å². The van der Waals surface area contributed by atoms with Gasteiger partial charge in [-0.1, -0.05) is 32.1 Å². The number of rotatable bonds is 2. The van der Waals surface area contributed by atoms with E-state index < -0.39 is 0 Å². The van der Waals surface area contributed by atoms with E-state index in [9.17, 15) is 9.59 Å². The van der Waals surface area contributed by atoms with E-state index in [0.29, 0.717) is 11.3 Å². The lowest BCUT2D eigenvalue weighted by atomic mass is 9.96. The number of amides is 1. The van der Waals surface area contributed by atoms with Crippen molar-refractivity contribution in [1.29, 1.82) is 0 Å². The number of aryl methyl sites for hydroxylation is 1. The van der Waals surface area contributed by atoms with Crippen LogP contribution in [0.15, 0.2) is 15.5 Å². The van der Waals surface area contributed by atoms with Gasteiger partial charge in [-0.05, 0) is 19.8 Å². The van der Waals surface area contributed by atoms with Gasteiger partial charge in [-0.3, -0.25) is 9.59 Å². The number of furan rings is 1. The second kappa shape index (κ2) is 6.34. The van der Waals surface area contributed by atoms with Gasteiger partial charge in [-0.15, -0.1) is 0 Å². The number of hydrogen-bond donors (Lipinski definition) is 2. The fraction of sp³-hybridized carbons (Fsp3) is 0.562. The fourth-order valence-corrected chi connectivity index (χ4v) is 3.18. The largest absolute Gasteiger partial charge is 0.442 e. The van der Waals surface area contributed by atoms with Crippen molar-refractivity contribution >= 4 is 17.0 Å². The van der Waals surface area contributed by atoms with Crippen molar-refractivity contribution in [2.75, 3.05) is 0 Å². The molecule has 6 heteroatoms.